The van der Waals surface area contributed by atoms with Gasteiger partial charge in [-0.2, -0.15) is 5.10 Å². The van der Waals surface area contributed by atoms with Gasteiger partial charge < -0.3 is 5.32 Å². The molecular weight excluding hydrogens is 370 g/mol. The van der Waals surface area contributed by atoms with Gasteiger partial charge in [0.2, 0.25) is 5.43 Å². The van der Waals surface area contributed by atoms with E-state index in [0.717, 1.165) is 10.0 Å². The van der Waals surface area contributed by atoms with E-state index in [4.69, 9.17) is 0 Å². The van der Waals surface area contributed by atoms with E-state index >= 15 is 0 Å². The van der Waals surface area contributed by atoms with Crippen LogP contribution in [0.25, 0.3) is 10.9 Å². The highest BCUT2D eigenvalue weighted by molar-refractivity contribution is 9.10. The lowest BCUT2D eigenvalue weighted by molar-refractivity contribution is 0.0928. The van der Waals surface area contributed by atoms with Crippen LogP contribution < -0.4 is 10.7 Å². The van der Waals surface area contributed by atoms with E-state index in [9.17, 15) is 9.59 Å². The maximum atomic E-state index is 12.5. The highest BCUT2D eigenvalue weighted by Gasteiger charge is 2.19. The van der Waals surface area contributed by atoms with Gasteiger partial charge in [0.05, 0.1) is 11.6 Å². The number of rotatable bonds is 4. The summed E-state index contributed by atoms with van der Waals surface area (Å²) in [6.07, 6.45) is 0.707. The van der Waals surface area contributed by atoms with Crippen LogP contribution >= 0.6 is 15.9 Å². The van der Waals surface area contributed by atoms with Crippen molar-refractivity contribution < 1.29 is 4.79 Å². The van der Waals surface area contributed by atoms with E-state index in [1.165, 1.54) is 0 Å². The fourth-order valence-corrected chi connectivity index (χ4v) is 2.83. The molecule has 1 amide bonds. The zero-order valence-corrected chi connectivity index (χ0v) is 14.6. The fraction of sp³-hybridized carbons (Fsp3) is 0.167. The molecule has 0 aliphatic heterocycles. The highest BCUT2D eigenvalue weighted by atomic mass is 79.9. The van der Waals surface area contributed by atoms with Gasteiger partial charge in [-0.05, 0) is 36.2 Å². The molecule has 0 saturated heterocycles. The number of nitrogens with zero attached hydrogens (tertiary/aromatic N) is 1. The lowest BCUT2D eigenvalue weighted by Gasteiger charge is -2.17. The number of carbonyl (C=O) groups excluding carboxylic acids is 1. The SMILES string of the molecule is CCC(NC(=O)c1n[nH]c2ccccc2c1=O)c1ccc(Br)cc1. The fourth-order valence-electron chi connectivity index (χ4n) is 2.57. The van der Waals surface area contributed by atoms with E-state index in [1.807, 2.05) is 31.2 Å². The minimum absolute atomic E-state index is 0.121. The zero-order valence-electron chi connectivity index (χ0n) is 13.0. The number of fused-ring (bicyclic) bond motifs is 1. The van der Waals surface area contributed by atoms with Gasteiger partial charge in [-0.1, -0.05) is 47.1 Å². The largest absolute Gasteiger partial charge is 0.344 e. The Bertz CT molecular complexity index is 935. The minimum Gasteiger partial charge on any atom is -0.344 e. The summed E-state index contributed by atoms with van der Waals surface area (Å²) in [5.74, 6) is -0.475. The Morgan fingerprint density at radius 3 is 2.62 bits per heavy atom. The molecule has 2 aromatic carbocycles. The topological polar surface area (TPSA) is 74.8 Å². The quantitative estimate of drug-likeness (QED) is 0.720. The van der Waals surface area contributed by atoms with Crippen molar-refractivity contribution in [3.05, 3.63) is 74.5 Å². The van der Waals surface area contributed by atoms with Crippen LogP contribution in [-0.2, 0) is 0 Å². The molecule has 1 heterocycles. The van der Waals surface area contributed by atoms with Gasteiger partial charge in [-0.3, -0.25) is 14.7 Å². The van der Waals surface area contributed by atoms with Crippen molar-refractivity contribution in [2.24, 2.45) is 0 Å². The van der Waals surface area contributed by atoms with Crippen LogP contribution in [0.5, 0.6) is 0 Å². The lowest BCUT2D eigenvalue weighted by atomic mass is 10.0. The number of hydrogen-bond donors (Lipinski definition) is 2. The monoisotopic (exact) mass is 385 g/mol. The summed E-state index contributed by atoms with van der Waals surface area (Å²) in [5, 5.41) is 10.0. The second-order valence-corrected chi connectivity index (χ2v) is 6.35. The first-order chi connectivity index (χ1) is 11.6. The third-order valence-electron chi connectivity index (χ3n) is 3.88. The molecule has 1 atom stereocenters. The average molecular weight is 386 g/mol. The number of para-hydroxylation sites is 1. The zero-order chi connectivity index (χ0) is 17.1. The number of amides is 1. The molecule has 122 valence electrons. The lowest BCUT2D eigenvalue weighted by Crippen LogP contribution is -2.33. The smallest absolute Gasteiger partial charge is 0.276 e. The highest BCUT2D eigenvalue weighted by Crippen LogP contribution is 2.19. The van der Waals surface area contributed by atoms with Crippen LogP contribution in [0.15, 0.2) is 57.8 Å². The molecule has 0 saturated carbocycles. The number of aromatic nitrogens is 2. The van der Waals surface area contributed by atoms with Gasteiger partial charge in [0.1, 0.15) is 0 Å². The average Bonchev–Trinajstić information content (AvgIpc) is 2.61. The van der Waals surface area contributed by atoms with Gasteiger partial charge in [0.15, 0.2) is 5.69 Å². The summed E-state index contributed by atoms with van der Waals surface area (Å²) in [5.41, 5.74) is 1.10. The maximum Gasteiger partial charge on any atom is 0.276 e. The molecule has 0 spiro atoms. The molecule has 0 aliphatic carbocycles. The van der Waals surface area contributed by atoms with Crippen LogP contribution in [0.4, 0.5) is 0 Å². The minimum atomic E-state index is -0.475. The predicted octanol–water partition coefficient (Wildman–Crippen LogP) is 3.57. The Kier molecular flexibility index (Phi) is 4.76. The summed E-state index contributed by atoms with van der Waals surface area (Å²) in [6.45, 7) is 1.98. The van der Waals surface area contributed by atoms with E-state index in [-0.39, 0.29) is 17.2 Å². The number of aromatic amines is 1. The molecule has 3 rings (SSSR count). The number of nitrogens with one attached hydrogen (secondary N) is 2. The molecule has 3 aromatic rings. The summed E-state index contributed by atoms with van der Waals surface area (Å²) in [6, 6.07) is 14.5. The predicted molar refractivity (Wildman–Crippen MR) is 97.0 cm³/mol. The first-order valence-corrected chi connectivity index (χ1v) is 8.43. The van der Waals surface area contributed by atoms with Crippen LogP contribution in [-0.4, -0.2) is 16.1 Å². The second kappa shape index (κ2) is 6.97. The summed E-state index contributed by atoms with van der Waals surface area (Å²) in [7, 11) is 0. The Hall–Kier alpha value is -2.47. The standard InChI is InChI=1S/C18H16BrN3O2/c1-2-14(11-7-9-12(19)10-8-11)20-18(24)16-17(23)13-5-3-4-6-15(13)21-22-16/h3-10,14H,2H2,1H3,(H,20,24)(H,21,23). The van der Waals surface area contributed by atoms with Crippen LogP contribution in [0.1, 0.15) is 35.4 Å². The Labute approximate surface area is 147 Å². The number of halogens is 1. The van der Waals surface area contributed by atoms with E-state index < -0.39 is 5.91 Å². The Balaban J connectivity index is 1.90. The van der Waals surface area contributed by atoms with E-state index in [1.54, 1.807) is 24.3 Å². The van der Waals surface area contributed by atoms with Gasteiger partial charge in [0.25, 0.3) is 5.91 Å². The molecule has 0 fully saturated rings. The van der Waals surface area contributed by atoms with Gasteiger partial charge in [-0.15, -0.1) is 0 Å². The molecular formula is C18H16BrN3O2. The summed E-state index contributed by atoms with van der Waals surface area (Å²) < 4.78 is 0.972. The molecule has 1 unspecified atom stereocenters. The van der Waals surface area contributed by atoms with Crippen molar-refractivity contribution in [3.8, 4) is 0 Å². The number of benzene rings is 2. The van der Waals surface area contributed by atoms with Crippen LogP contribution in [0.3, 0.4) is 0 Å². The van der Waals surface area contributed by atoms with E-state index in [0.29, 0.717) is 17.3 Å². The van der Waals surface area contributed by atoms with Crippen molar-refractivity contribution in [1.82, 2.24) is 15.5 Å². The van der Waals surface area contributed by atoms with Gasteiger partial charge in [-0.25, -0.2) is 0 Å². The van der Waals surface area contributed by atoms with Gasteiger partial charge >= 0.3 is 0 Å². The van der Waals surface area contributed by atoms with Crippen molar-refractivity contribution in [1.29, 1.82) is 0 Å². The molecule has 0 aliphatic rings. The molecule has 24 heavy (non-hydrogen) atoms. The number of carbonyl (C=O) groups is 1. The van der Waals surface area contributed by atoms with Crippen molar-refractivity contribution in [2.75, 3.05) is 0 Å². The molecule has 6 heteroatoms. The van der Waals surface area contributed by atoms with Gasteiger partial charge in [0, 0.05) is 9.86 Å². The first-order valence-electron chi connectivity index (χ1n) is 7.64. The third kappa shape index (κ3) is 3.23. The Morgan fingerprint density at radius 2 is 1.92 bits per heavy atom. The normalized spacial score (nSPS) is 12.1. The van der Waals surface area contributed by atoms with E-state index in [2.05, 4.69) is 31.4 Å². The Morgan fingerprint density at radius 1 is 1.21 bits per heavy atom. The van der Waals surface area contributed by atoms with Crippen molar-refractivity contribution >= 4 is 32.7 Å². The maximum absolute atomic E-state index is 12.5. The molecule has 5 nitrogen and oxygen atoms in total. The van der Waals surface area contributed by atoms with Crippen LogP contribution in [0, 0.1) is 0 Å². The van der Waals surface area contributed by atoms with Crippen molar-refractivity contribution in [2.45, 2.75) is 19.4 Å². The molecule has 0 bridgehead atoms. The number of hydrogen-bond acceptors (Lipinski definition) is 3. The number of H-pyrrole nitrogens is 1. The van der Waals surface area contributed by atoms with Crippen LogP contribution in [0.2, 0.25) is 0 Å². The summed E-state index contributed by atoms with van der Waals surface area (Å²) in [4.78, 5) is 25.0. The van der Waals surface area contributed by atoms with Crippen molar-refractivity contribution in [3.63, 3.8) is 0 Å². The third-order valence-corrected chi connectivity index (χ3v) is 4.40. The molecule has 1 aromatic heterocycles. The first kappa shape index (κ1) is 16.4. The molecule has 0 radical (unpaired) electrons. The second-order valence-electron chi connectivity index (χ2n) is 5.43. The molecule has 2 N–H and O–H groups in total. The summed E-state index contributed by atoms with van der Waals surface area (Å²) >= 11 is 3.39.